The van der Waals surface area contributed by atoms with Gasteiger partial charge in [-0.25, -0.2) is 0 Å². The average molecular weight is 410 g/mol. The van der Waals surface area contributed by atoms with Crippen LogP contribution in [0.2, 0.25) is 0 Å². The van der Waals surface area contributed by atoms with Gasteiger partial charge >= 0.3 is 0 Å². The van der Waals surface area contributed by atoms with E-state index in [9.17, 15) is 4.79 Å². The number of ether oxygens (including phenoxy) is 1. The minimum Gasteiger partial charge on any atom is -0.497 e. The number of carbonyl (C=O) groups excluding carboxylic acids is 1. The van der Waals surface area contributed by atoms with E-state index in [1.807, 2.05) is 30.3 Å². The van der Waals surface area contributed by atoms with Crippen molar-refractivity contribution in [1.29, 1.82) is 0 Å². The van der Waals surface area contributed by atoms with Crippen molar-refractivity contribution in [3.05, 3.63) is 60.2 Å². The Labute approximate surface area is 178 Å². The first-order chi connectivity index (χ1) is 14.7. The number of rotatable bonds is 7. The molecule has 0 unspecified atom stereocenters. The molecule has 30 heavy (non-hydrogen) atoms. The zero-order valence-corrected chi connectivity index (χ0v) is 17.8. The van der Waals surface area contributed by atoms with E-state index in [0.717, 1.165) is 50.0 Å². The first-order valence-electron chi connectivity index (χ1n) is 10.3. The van der Waals surface area contributed by atoms with Crippen LogP contribution in [-0.2, 0) is 11.2 Å². The number of nitrogens with one attached hydrogen (secondary N) is 2. The zero-order chi connectivity index (χ0) is 21.2. The molecule has 0 spiro atoms. The number of aliphatic imine (C=N–C) groups is 1. The van der Waals surface area contributed by atoms with E-state index in [1.54, 1.807) is 14.2 Å². The highest BCUT2D eigenvalue weighted by Crippen LogP contribution is 2.22. The predicted molar refractivity (Wildman–Crippen MR) is 121 cm³/mol. The number of methoxy groups -OCH3 is 1. The topological polar surface area (TPSA) is 69.2 Å². The van der Waals surface area contributed by atoms with Crippen LogP contribution in [0.5, 0.6) is 5.75 Å². The molecule has 2 aromatic carbocycles. The van der Waals surface area contributed by atoms with Crippen LogP contribution in [0, 0.1) is 0 Å². The van der Waals surface area contributed by atoms with Gasteiger partial charge in [0.05, 0.1) is 13.7 Å². The van der Waals surface area contributed by atoms with Crippen molar-refractivity contribution in [2.45, 2.75) is 6.42 Å². The van der Waals surface area contributed by atoms with Gasteiger partial charge in [-0.2, -0.15) is 0 Å². The number of nitrogens with zero attached hydrogens (tertiary/aromatic N) is 3. The Bertz CT molecular complexity index is 832. The summed E-state index contributed by atoms with van der Waals surface area (Å²) in [6.45, 7) is 4.30. The van der Waals surface area contributed by atoms with E-state index in [4.69, 9.17) is 4.74 Å². The fraction of sp³-hybridized carbons (Fsp3) is 0.391. The summed E-state index contributed by atoms with van der Waals surface area (Å²) < 4.78 is 5.33. The maximum atomic E-state index is 12.2. The second-order valence-electron chi connectivity index (χ2n) is 7.16. The maximum Gasteiger partial charge on any atom is 0.239 e. The van der Waals surface area contributed by atoms with E-state index in [2.05, 4.69) is 49.7 Å². The molecule has 0 atom stereocenters. The molecule has 0 aromatic heterocycles. The Hall–Kier alpha value is -3.22. The fourth-order valence-corrected chi connectivity index (χ4v) is 3.53. The molecule has 0 bridgehead atoms. The molecule has 1 saturated heterocycles. The Balaban J connectivity index is 1.40. The first kappa shape index (κ1) is 21.5. The second-order valence-corrected chi connectivity index (χ2v) is 7.16. The lowest BCUT2D eigenvalue weighted by molar-refractivity contribution is -0.120. The first-order valence-corrected chi connectivity index (χ1v) is 10.3. The van der Waals surface area contributed by atoms with E-state index in [1.165, 1.54) is 5.56 Å². The Morgan fingerprint density at radius 1 is 1.03 bits per heavy atom. The zero-order valence-electron chi connectivity index (χ0n) is 17.8. The van der Waals surface area contributed by atoms with Crippen LogP contribution in [-0.4, -0.2) is 70.2 Å². The van der Waals surface area contributed by atoms with Gasteiger partial charge in [0.2, 0.25) is 5.91 Å². The second kappa shape index (κ2) is 11.1. The van der Waals surface area contributed by atoms with Gasteiger partial charge in [-0.1, -0.05) is 36.4 Å². The Kier molecular flexibility index (Phi) is 7.94. The molecule has 1 aliphatic rings. The van der Waals surface area contributed by atoms with Crippen molar-refractivity contribution in [2.24, 2.45) is 4.99 Å². The molecule has 0 radical (unpaired) electrons. The average Bonchev–Trinajstić information content (AvgIpc) is 2.80. The summed E-state index contributed by atoms with van der Waals surface area (Å²) in [7, 11) is 3.44. The number of carbonyl (C=O) groups is 1. The lowest BCUT2D eigenvalue weighted by Crippen LogP contribution is -2.53. The highest BCUT2D eigenvalue weighted by atomic mass is 16.5. The minimum absolute atomic E-state index is 0.0258. The van der Waals surface area contributed by atoms with Crippen LogP contribution in [0.1, 0.15) is 5.56 Å². The van der Waals surface area contributed by atoms with Crippen LogP contribution in [0.4, 0.5) is 5.69 Å². The monoisotopic (exact) mass is 409 g/mol. The third-order valence-corrected chi connectivity index (χ3v) is 5.20. The highest BCUT2D eigenvalue weighted by molar-refractivity contribution is 5.86. The third-order valence-electron chi connectivity index (χ3n) is 5.20. The Morgan fingerprint density at radius 3 is 2.50 bits per heavy atom. The van der Waals surface area contributed by atoms with Crippen molar-refractivity contribution >= 4 is 17.6 Å². The van der Waals surface area contributed by atoms with Crippen molar-refractivity contribution in [3.63, 3.8) is 0 Å². The van der Waals surface area contributed by atoms with E-state index in [-0.39, 0.29) is 12.5 Å². The van der Waals surface area contributed by atoms with E-state index < -0.39 is 0 Å². The van der Waals surface area contributed by atoms with E-state index >= 15 is 0 Å². The minimum atomic E-state index is -0.0258. The van der Waals surface area contributed by atoms with Gasteiger partial charge in [0, 0.05) is 51.5 Å². The van der Waals surface area contributed by atoms with Crippen molar-refractivity contribution < 1.29 is 9.53 Å². The van der Waals surface area contributed by atoms with Crippen LogP contribution < -0.4 is 20.3 Å². The number of anilines is 1. The third kappa shape index (κ3) is 6.14. The molecule has 3 rings (SSSR count). The van der Waals surface area contributed by atoms with Gasteiger partial charge < -0.3 is 25.2 Å². The molecule has 2 aromatic rings. The van der Waals surface area contributed by atoms with Gasteiger partial charge in [0.25, 0.3) is 0 Å². The lowest BCUT2D eigenvalue weighted by atomic mass is 10.1. The van der Waals surface area contributed by atoms with Crippen molar-refractivity contribution in [3.8, 4) is 5.75 Å². The van der Waals surface area contributed by atoms with Gasteiger partial charge in [-0.15, -0.1) is 0 Å². The quantitative estimate of drug-likeness (QED) is 0.539. The molecule has 7 heteroatoms. The molecular formula is C23H31N5O2. The summed E-state index contributed by atoms with van der Waals surface area (Å²) in [6.07, 6.45) is 0.827. The molecule has 1 fully saturated rings. The van der Waals surface area contributed by atoms with Crippen LogP contribution >= 0.6 is 0 Å². The summed E-state index contributed by atoms with van der Waals surface area (Å²) in [5, 5.41) is 6.14. The summed E-state index contributed by atoms with van der Waals surface area (Å²) in [6, 6.07) is 18.3. The molecule has 1 amide bonds. The van der Waals surface area contributed by atoms with Crippen LogP contribution in [0.3, 0.4) is 0 Å². The van der Waals surface area contributed by atoms with Gasteiger partial charge in [0.15, 0.2) is 5.96 Å². The van der Waals surface area contributed by atoms with Crippen molar-refractivity contribution in [2.75, 3.05) is 58.3 Å². The summed E-state index contributed by atoms with van der Waals surface area (Å²) in [4.78, 5) is 21.0. The largest absolute Gasteiger partial charge is 0.497 e. The van der Waals surface area contributed by atoms with Gasteiger partial charge in [-0.3, -0.25) is 9.79 Å². The highest BCUT2D eigenvalue weighted by Gasteiger charge is 2.20. The number of benzene rings is 2. The normalized spacial score (nSPS) is 14.4. The number of guanidine groups is 1. The SMILES string of the molecule is CN=C(NCC(=O)NCCc1ccccc1)N1CCN(c2cccc(OC)c2)CC1. The number of hydrogen-bond donors (Lipinski definition) is 2. The number of hydrogen-bond acceptors (Lipinski definition) is 4. The Morgan fingerprint density at radius 2 is 1.80 bits per heavy atom. The smallest absolute Gasteiger partial charge is 0.239 e. The lowest BCUT2D eigenvalue weighted by Gasteiger charge is -2.37. The predicted octanol–water partition coefficient (Wildman–Crippen LogP) is 1.75. The fourth-order valence-electron chi connectivity index (χ4n) is 3.53. The summed E-state index contributed by atoms with van der Waals surface area (Å²) >= 11 is 0. The molecule has 1 heterocycles. The summed E-state index contributed by atoms with van der Waals surface area (Å²) in [5.41, 5.74) is 2.38. The maximum absolute atomic E-state index is 12.2. The molecule has 2 N–H and O–H groups in total. The molecule has 160 valence electrons. The molecule has 0 saturated carbocycles. The van der Waals surface area contributed by atoms with Gasteiger partial charge in [0.1, 0.15) is 5.75 Å². The van der Waals surface area contributed by atoms with Crippen LogP contribution in [0.25, 0.3) is 0 Å². The molecular weight excluding hydrogens is 378 g/mol. The molecule has 7 nitrogen and oxygen atoms in total. The number of piperazine rings is 1. The number of amides is 1. The van der Waals surface area contributed by atoms with Crippen LogP contribution in [0.15, 0.2) is 59.6 Å². The summed E-state index contributed by atoms with van der Waals surface area (Å²) in [5.74, 6) is 1.60. The standard InChI is InChI=1S/C23H31N5O2/c1-24-23(26-18-22(29)25-12-11-19-7-4-3-5-8-19)28-15-13-27(14-16-28)20-9-6-10-21(17-20)30-2/h3-10,17H,11-16,18H2,1-2H3,(H,24,26)(H,25,29). The van der Waals surface area contributed by atoms with Gasteiger partial charge in [-0.05, 0) is 24.1 Å². The van der Waals surface area contributed by atoms with Crippen molar-refractivity contribution in [1.82, 2.24) is 15.5 Å². The molecule has 0 aliphatic carbocycles. The molecule has 1 aliphatic heterocycles. The van der Waals surface area contributed by atoms with E-state index in [0.29, 0.717) is 6.54 Å².